The lowest BCUT2D eigenvalue weighted by molar-refractivity contribution is 0.602. The van der Waals surface area contributed by atoms with Crippen molar-refractivity contribution in [3.05, 3.63) is 23.8 Å². The Labute approximate surface area is 98.2 Å². The number of rotatable bonds is 4. The highest BCUT2D eigenvalue weighted by molar-refractivity contribution is 7.92. The van der Waals surface area contributed by atoms with E-state index in [1.54, 1.807) is 12.1 Å². The maximum absolute atomic E-state index is 11.8. The van der Waals surface area contributed by atoms with Crippen molar-refractivity contribution >= 4 is 26.3 Å². The van der Waals surface area contributed by atoms with Crippen molar-refractivity contribution in [1.82, 2.24) is 0 Å². The Kier molecular flexibility index (Phi) is 4.09. The first kappa shape index (κ1) is 13.2. The molecular formula is C10H15NO3S2. The molecule has 2 N–H and O–H groups in total. The predicted octanol–water partition coefficient (Wildman–Crippen LogP) is 0.729. The zero-order valence-electron chi connectivity index (χ0n) is 9.26. The van der Waals surface area contributed by atoms with Crippen molar-refractivity contribution in [2.75, 3.05) is 23.5 Å². The summed E-state index contributed by atoms with van der Waals surface area (Å²) in [6.07, 6.45) is 1.13. The third kappa shape index (κ3) is 3.94. The topological polar surface area (TPSA) is 77.2 Å². The Morgan fingerprint density at radius 3 is 2.50 bits per heavy atom. The van der Waals surface area contributed by atoms with Gasteiger partial charge in [0.1, 0.15) is 9.84 Å². The summed E-state index contributed by atoms with van der Waals surface area (Å²) in [5.74, 6) is -0.000970. The molecule has 0 bridgehead atoms. The second-order valence-corrected chi connectivity index (χ2v) is 7.52. The number of aryl methyl sites for hydroxylation is 1. The molecule has 1 aromatic rings. The summed E-state index contributed by atoms with van der Waals surface area (Å²) in [5, 5.41) is 0. The van der Waals surface area contributed by atoms with Crippen LogP contribution in [0.1, 0.15) is 5.56 Å². The Balaban J connectivity index is 2.82. The van der Waals surface area contributed by atoms with Crippen LogP contribution in [0.2, 0.25) is 0 Å². The molecule has 0 spiro atoms. The first-order valence-corrected chi connectivity index (χ1v) is 8.10. The summed E-state index contributed by atoms with van der Waals surface area (Å²) in [7, 11) is -4.44. The highest BCUT2D eigenvalue weighted by Gasteiger charge is 2.11. The molecule has 1 aromatic carbocycles. The summed E-state index contributed by atoms with van der Waals surface area (Å²) in [6.45, 7) is 1.89. The Hall–Kier alpha value is -0.880. The summed E-state index contributed by atoms with van der Waals surface area (Å²) < 4.78 is 33.7. The molecule has 0 aliphatic carbocycles. The third-order valence-electron chi connectivity index (χ3n) is 2.05. The van der Waals surface area contributed by atoms with Gasteiger partial charge in [0.05, 0.1) is 21.4 Å². The predicted molar refractivity (Wildman–Crippen MR) is 66.6 cm³/mol. The van der Waals surface area contributed by atoms with Gasteiger partial charge in [-0.1, -0.05) is 6.07 Å². The molecule has 0 saturated heterocycles. The van der Waals surface area contributed by atoms with Crippen LogP contribution in [0.15, 0.2) is 23.1 Å². The molecule has 90 valence electrons. The van der Waals surface area contributed by atoms with Gasteiger partial charge in [-0.05, 0) is 24.6 Å². The van der Waals surface area contributed by atoms with Crippen LogP contribution in [0.4, 0.5) is 5.69 Å². The molecule has 0 fully saturated rings. The highest BCUT2D eigenvalue weighted by Crippen LogP contribution is 2.18. The number of benzene rings is 1. The van der Waals surface area contributed by atoms with Crippen LogP contribution in [0.25, 0.3) is 0 Å². The molecule has 0 aliphatic heterocycles. The fourth-order valence-corrected chi connectivity index (χ4v) is 3.79. The zero-order chi connectivity index (χ0) is 12.3. The van der Waals surface area contributed by atoms with Crippen LogP contribution in [0.3, 0.4) is 0 Å². The van der Waals surface area contributed by atoms with E-state index in [9.17, 15) is 12.6 Å². The van der Waals surface area contributed by atoms with Crippen LogP contribution >= 0.6 is 0 Å². The zero-order valence-corrected chi connectivity index (χ0v) is 10.9. The van der Waals surface area contributed by atoms with Crippen molar-refractivity contribution in [2.24, 2.45) is 0 Å². The van der Waals surface area contributed by atoms with Gasteiger partial charge >= 0.3 is 0 Å². The van der Waals surface area contributed by atoms with Gasteiger partial charge in [0.25, 0.3) is 0 Å². The molecular weight excluding hydrogens is 246 g/mol. The second-order valence-electron chi connectivity index (χ2n) is 3.72. The highest BCUT2D eigenvalue weighted by atomic mass is 32.2. The third-order valence-corrected chi connectivity index (χ3v) is 4.69. The van der Waals surface area contributed by atoms with E-state index >= 15 is 0 Å². The minimum Gasteiger partial charge on any atom is -0.398 e. The number of nitrogens with two attached hydrogens (primary N) is 1. The van der Waals surface area contributed by atoms with Crippen molar-refractivity contribution < 1.29 is 12.6 Å². The van der Waals surface area contributed by atoms with E-state index in [1.165, 1.54) is 0 Å². The van der Waals surface area contributed by atoms with Crippen molar-refractivity contribution in [3.63, 3.8) is 0 Å². The number of sulfone groups is 1. The van der Waals surface area contributed by atoms with Gasteiger partial charge in [-0.25, -0.2) is 8.42 Å². The number of hydrogen-bond donors (Lipinski definition) is 1. The normalized spacial score (nSPS) is 13.6. The van der Waals surface area contributed by atoms with Crippen molar-refractivity contribution in [2.45, 2.75) is 11.8 Å². The Bertz CT molecular complexity index is 509. The van der Waals surface area contributed by atoms with E-state index in [0.29, 0.717) is 10.6 Å². The van der Waals surface area contributed by atoms with Crippen molar-refractivity contribution in [3.8, 4) is 0 Å². The van der Waals surface area contributed by atoms with E-state index in [0.717, 1.165) is 11.8 Å². The molecule has 0 saturated carbocycles. The molecule has 0 aliphatic rings. The van der Waals surface area contributed by atoms with E-state index in [-0.39, 0.29) is 11.5 Å². The van der Waals surface area contributed by atoms with Crippen molar-refractivity contribution in [1.29, 1.82) is 0 Å². The minimum atomic E-state index is -3.08. The number of hydrogen-bond acceptors (Lipinski definition) is 4. The molecule has 16 heavy (non-hydrogen) atoms. The largest absolute Gasteiger partial charge is 0.398 e. The molecule has 1 unspecified atom stereocenters. The molecule has 0 aromatic heterocycles. The Morgan fingerprint density at radius 2 is 2.00 bits per heavy atom. The van der Waals surface area contributed by atoms with E-state index in [4.69, 9.17) is 5.73 Å². The lowest BCUT2D eigenvalue weighted by Gasteiger charge is -2.06. The first-order valence-electron chi connectivity index (χ1n) is 4.72. The fraction of sp³-hybridized carbons (Fsp3) is 0.400. The van der Waals surface area contributed by atoms with Gasteiger partial charge in [-0.3, -0.25) is 4.21 Å². The van der Waals surface area contributed by atoms with Crippen LogP contribution in [-0.4, -0.2) is 30.4 Å². The lowest BCUT2D eigenvalue weighted by Crippen LogP contribution is -2.12. The SMILES string of the molecule is Cc1ccc(S(=O)CCS(C)(=O)=O)c(N)c1. The van der Waals surface area contributed by atoms with Crippen LogP contribution in [-0.2, 0) is 20.6 Å². The van der Waals surface area contributed by atoms with Gasteiger partial charge < -0.3 is 5.73 Å². The molecule has 0 amide bonds. The summed E-state index contributed by atoms with van der Waals surface area (Å²) in [6, 6.07) is 5.22. The molecule has 0 radical (unpaired) electrons. The molecule has 6 heteroatoms. The van der Waals surface area contributed by atoms with Gasteiger partial charge in [0, 0.05) is 17.7 Å². The van der Waals surface area contributed by atoms with Gasteiger partial charge in [0.2, 0.25) is 0 Å². The average Bonchev–Trinajstić information content (AvgIpc) is 2.13. The molecule has 4 nitrogen and oxygen atoms in total. The second kappa shape index (κ2) is 4.97. The number of anilines is 1. The first-order chi connectivity index (χ1) is 7.29. The smallest absolute Gasteiger partial charge is 0.148 e. The Morgan fingerprint density at radius 1 is 1.38 bits per heavy atom. The average molecular weight is 261 g/mol. The lowest BCUT2D eigenvalue weighted by atomic mass is 10.2. The summed E-state index contributed by atoms with van der Waals surface area (Å²) in [4.78, 5) is 0.509. The maximum Gasteiger partial charge on any atom is 0.148 e. The van der Waals surface area contributed by atoms with Gasteiger partial charge in [-0.2, -0.15) is 0 Å². The van der Waals surface area contributed by atoms with Gasteiger partial charge in [0.15, 0.2) is 0 Å². The van der Waals surface area contributed by atoms with Crippen LogP contribution in [0, 0.1) is 6.92 Å². The summed E-state index contributed by atoms with van der Waals surface area (Å²) >= 11 is 0. The monoisotopic (exact) mass is 261 g/mol. The van der Waals surface area contributed by atoms with E-state index < -0.39 is 20.6 Å². The fourth-order valence-electron chi connectivity index (χ4n) is 1.21. The van der Waals surface area contributed by atoms with E-state index in [1.807, 2.05) is 13.0 Å². The van der Waals surface area contributed by atoms with E-state index in [2.05, 4.69) is 0 Å². The molecule has 1 atom stereocenters. The molecule has 0 heterocycles. The summed E-state index contributed by atoms with van der Waals surface area (Å²) in [5.41, 5.74) is 7.16. The molecule has 1 rings (SSSR count). The standard InChI is InChI=1S/C10H15NO3S2/c1-8-3-4-10(9(11)7-8)15(12)5-6-16(2,13)14/h3-4,7H,5-6,11H2,1-2H3. The van der Waals surface area contributed by atoms with Crippen LogP contribution in [0.5, 0.6) is 0 Å². The van der Waals surface area contributed by atoms with Crippen LogP contribution < -0.4 is 5.73 Å². The van der Waals surface area contributed by atoms with Gasteiger partial charge in [-0.15, -0.1) is 0 Å². The maximum atomic E-state index is 11.8. The quantitative estimate of drug-likeness (QED) is 0.811. The number of nitrogen functional groups attached to an aromatic ring is 1. The minimum absolute atomic E-state index is 0.0894.